The van der Waals surface area contributed by atoms with Crippen LogP contribution >= 0.6 is 12.4 Å². The van der Waals surface area contributed by atoms with Gasteiger partial charge in [-0.2, -0.15) is 0 Å². The zero-order chi connectivity index (χ0) is 6.10. The first-order valence-electron chi connectivity index (χ1n) is 3.82. The van der Waals surface area contributed by atoms with Crippen LogP contribution in [0.25, 0.3) is 0 Å². The molecular weight excluding hydrogens is 150 g/mol. The lowest BCUT2D eigenvalue weighted by Gasteiger charge is -2.26. The lowest BCUT2D eigenvalue weighted by molar-refractivity contribution is 0.0113. The Balaban J connectivity index is 0.000000500. The van der Waals surface area contributed by atoms with Gasteiger partial charge in [0.2, 0.25) is 0 Å². The van der Waals surface area contributed by atoms with E-state index in [-0.39, 0.29) is 12.4 Å². The van der Waals surface area contributed by atoms with Crippen molar-refractivity contribution in [1.29, 1.82) is 0 Å². The van der Waals surface area contributed by atoms with Crippen molar-refractivity contribution in [3.05, 3.63) is 0 Å². The summed E-state index contributed by atoms with van der Waals surface area (Å²) in [5.41, 5.74) is 0. The van der Waals surface area contributed by atoms with E-state index in [1.807, 2.05) is 0 Å². The molecule has 3 heteroatoms. The van der Waals surface area contributed by atoms with Crippen LogP contribution in [0.4, 0.5) is 0 Å². The number of ether oxygens (including phenoxy) is 1. The highest BCUT2D eigenvalue weighted by Crippen LogP contribution is 2.23. The summed E-state index contributed by atoms with van der Waals surface area (Å²) < 4.78 is 5.54. The number of nitrogens with one attached hydrogen (secondary N) is 1. The highest BCUT2D eigenvalue weighted by molar-refractivity contribution is 5.85. The van der Waals surface area contributed by atoms with Crippen molar-refractivity contribution in [1.82, 2.24) is 5.32 Å². The average Bonchev–Trinajstić information content (AvgIpc) is 2.33. The Morgan fingerprint density at radius 2 is 2.20 bits per heavy atom. The summed E-state index contributed by atoms with van der Waals surface area (Å²) in [5, 5.41) is 3.46. The maximum atomic E-state index is 5.54. The largest absolute Gasteiger partial charge is 0.375 e. The van der Waals surface area contributed by atoms with Crippen LogP contribution in [-0.2, 0) is 4.74 Å². The van der Waals surface area contributed by atoms with Crippen LogP contribution in [0.1, 0.15) is 19.3 Å². The monoisotopic (exact) mass is 163 g/mol. The standard InChI is InChI=1S/C7H13NO.ClH/c1-2-6-7(3-1)9-5-4-8-6;/h6-8H,1-5H2;1H/t6-,7-;/m0./s1. The first-order chi connectivity index (χ1) is 4.47. The Bertz CT molecular complexity index is 97.8. The van der Waals surface area contributed by atoms with Crippen molar-refractivity contribution in [3.8, 4) is 0 Å². The number of fused-ring (bicyclic) bond motifs is 1. The van der Waals surface area contributed by atoms with E-state index in [0.29, 0.717) is 12.1 Å². The van der Waals surface area contributed by atoms with E-state index >= 15 is 0 Å². The van der Waals surface area contributed by atoms with Gasteiger partial charge in [-0.05, 0) is 19.3 Å². The first-order valence-corrected chi connectivity index (χ1v) is 3.82. The molecule has 1 aliphatic heterocycles. The van der Waals surface area contributed by atoms with Crippen LogP contribution in [0.3, 0.4) is 0 Å². The summed E-state index contributed by atoms with van der Waals surface area (Å²) in [6.07, 6.45) is 4.50. The summed E-state index contributed by atoms with van der Waals surface area (Å²) in [6, 6.07) is 0.693. The summed E-state index contributed by atoms with van der Waals surface area (Å²) in [4.78, 5) is 0. The van der Waals surface area contributed by atoms with E-state index in [9.17, 15) is 0 Å². The van der Waals surface area contributed by atoms with Crippen molar-refractivity contribution in [2.24, 2.45) is 0 Å². The topological polar surface area (TPSA) is 21.3 Å². The summed E-state index contributed by atoms with van der Waals surface area (Å²) in [5.74, 6) is 0. The second-order valence-electron chi connectivity index (χ2n) is 2.90. The SMILES string of the molecule is C1C[C@@H]2NCCO[C@H]2C1.Cl. The van der Waals surface area contributed by atoms with E-state index in [1.165, 1.54) is 19.3 Å². The molecule has 1 heterocycles. The second-order valence-corrected chi connectivity index (χ2v) is 2.90. The number of morpholine rings is 1. The lowest BCUT2D eigenvalue weighted by atomic mass is 10.2. The van der Waals surface area contributed by atoms with Crippen molar-refractivity contribution < 1.29 is 4.74 Å². The summed E-state index contributed by atoms with van der Waals surface area (Å²) in [7, 11) is 0. The van der Waals surface area contributed by atoms with Gasteiger partial charge < -0.3 is 10.1 Å². The van der Waals surface area contributed by atoms with E-state index in [2.05, 4.69) is 5.32 Å². The molecule has 2 atom stereocenters. The molecule has 0 radical (unpaired) electrons. The third kappa shape index (κ3) is 1.44. The van der Waals surface area contributed by atoms with Crippen LogP contribution < -0.4 is 5.32 Å². The number of hydrogen-bond acceptors (Lipinski definition) is 2. The Kier molecular flexibility index (Phi) is 2.96. The fourth-order valence-corrected chi connectivity index (χ4v) is 1.81. The Morgan fingerprint density at radius 1 is 1.30 bits per heavy atom. The van der Waals surface area contributed by atoms with Gasteiger partial charge in [-0.3, -0.25) is 0 Å². The minimum absolute atomic E-state index is 0. The predicted molar refractivity (Wildman–Crippen MR) is 42.6 cm³/mol. The average molecular weight is 164 g/mol. The third-order valence-corrected chi connectivity index (χ3v) is 2.29. The molecule has 10 heavy (non-hydrogen) atoms. The van der Waals surface area contributed by atoms with Crippen molar-refractivity contribution in [2.75, 3.05) is 13.2 Å². The molecule has 0 aromatic rings. The van der Waals surface area contributed by atoms with Crippen molar-refractivity contribution in [2.45, 2.75) is 31.4 Å². The molecule has 1 aliphatic carbocycles. The van der Waals surface area contributed by atoms with E-state index in [4.69, 9.17) is 4.74 Å². The number of halogens is 1. The molecule has 1 N–H and O–H groups in total. The number of hydrogen-bond donors (Lipinski definition) is 1. The maximum Gasteiger partial charge on any atom is 0.0728 e. The zero-order valence-electron chi connectivity index (χ0n) is 6.01. The molecule has 2 aliphatic rings. The van der Waals surface area contributed by atoms with Gasteiger partial charge in [0, 0.05) is 12.6 Å². The Labute approximate surface area is 67.7 Å². The maximum absolute atomic E-state index is 5.54. The molecule has 0 spiro atoms. The predicted octanol–water partition coefficient (Wildman–Crippen LogP) is 0.949. The van der Waals surface area contributed by atoms with Gasteiger partial charge in [0.25, 0.3) is 0 Å². The van der Waals surface area contributed by atoms with Gasteiger partial charge in [0.15, 0.2) is 0 Å². The van der Waals surface area contributed by atoms with Crippen molar-refractivity contribution >= 4 is 12.4 Å². The van der Waals surface area contributed by atoms with Gasteiger partial charge in [0.05, 0.1) is 12.7 Å². The third-order valence-electron chi connectivity index (χ3n) is 2.29. The van der Waals surface area contributed by atoms with Crippen LogP contribution in [-0.4, -0.2) is 25.3 Å². The Hall–Kier alpha value is 0.210. The van der Waals surface area contributed by atoms with Crippen molar-refractivity contribution in [3.63, 3.8) is 0 Å². The molecule has 1 saturated heterocycles. The first kappa shape index (κ1) is 8.31. The number of rotatable bonds is 0. The fourth-order valence-electron chi connectivity index (χ4n) is 1.81. The Morgan fingerprint density at radius 3 is 3.00 bits per heavy atom. The highest BCUT2D eigenvalue weighted by Gasteiger charge is 2.29. The van der Waals surface area contributed by atoms with E-state index in [1.54, 1.807) is 0 Å². The van der Waals surface area contributed by atoms with Gasteiger partial charge in [-0.15, -0.1) is 12.4 Å². The molecule has 2 rings (SSSR count). The van der Waals surface area contributed by atoms with E-state index < -0.39 is 0 Å². The molecule has 1 saturated carbocycles. The molecule has 0 unspecified atom stereocenters. The molecule has 0 amide bonds. The van der Waals surface area contributed by atoms with Gasteiger partial charge in [0.1, 0.15) is 0 Å². The normalized spacial score (nSPS) is 38.4. The summed E-state index contributed by atoms with van der Waals surface area (Å²) >= 11 is 0. The van der Waals surface area contributed by atoms with Crippen LogP contribution in [0.2, 0.25) is 0 Å². The molecule has 60 valence electrons. The lowest BCUT2D eigenvalue weighted by Crippen LogP contribution is -2.44. The van der Waals surface area contributed by atoms with Crippen LogP contribution in [0.15, 0.2) is 0 Å². The minimum atomic E-state index is 0. The summed E-state index contributed by atoms with van der Waals surface area (Å²) in [6.45, 7) is 1.97. The quantitative estimate of drug-likeness (QED) is 0.574. The van der Waals surface area contributed by atoms with E-state index in [0.717, 1.165) is 13.2 Å². The molecule has 0 aromatic carbocycles. The molecule has 2 nitrogen and oxygen atoms in total. The molecule has 0 aromatic heterocycles. The second kappa shape index (κ2) is 3.56. The van der Waals surface area contributed by atoms with Gasteiger partial charge in [-0.25, -0.2) is 0 Å². The minimum Gasteiger partial charge on any atom is -0.375 e. The van der Waals surface area contributed by atoms with Crippen LogP contribution in [0, 0.1) is 0 Å². The highest BCUT2D eigenvalue weighted by atomic mass is 35.5. The smallest absolute Gasteiger partial charge is 0.0728 e. The molecule has 0 bridgehead atoms. The van der Waals surface area contributed by atoms with Crippen LogP contribution in [0.5, 0.6) is 0 Å². The zero-order valence-corrected chi connectivity index (χ0v) is 6.82. The molecular formula is C7H14ClNO. The van der Waals surface area contributed by atoms with Gasteiger partial charge >= 0.3 is 0 Å². The van der Waals surface area contributed by atoms with Gasteiger partial charge in [-0.1, -0.05) is 0 Å². The fraction of sp³-hybridized carbons (Fsp3) is 1.00. The molecule has 2 fully saturated rings.